The number of thioether (sulfide) groups is 1. The molecule has 0 bridgehead atoms. The van der Waals surface area contributed by atoms with Gasteiger partial charge in [0.2, 0.25) is 5.91 Å². The molecular weight excluding hydrogens is 335 g/mol. The topological polar surface area (TPSA) is 29.1 Å². The van der Waals surface area contributed by atoms with Crippen LogP contribution in [0.1, 0.15) is 5.56 Å². The fourth-order valence-corrected chi connectivity index (χ4v) is 2.66. The summed E-state index contributed by atoms with van der Waals surface area (Å²) in [6.45, 7) is 0. The molecule has 0 saturated carbocycles. The maximum absolute atomic E-state index is 12.4. The summed E-state index contributed by atoms with van der Waals surface area (Å²) in [4.78, 5) is 12.6. The second-order valence-corrected chi connectivity index (χ2v) is 5.85. The minimum atomic E-state index is -4.38. The average Bonchev–Trinajstić information content (AvgIpc) is 2.45. The minimum absolute atomic E-state index is 0.140. The number of hydrogen-bond acceptors (Lipinski definition) is 2. The highest BCUT2D eigenvalue weighted by Crippen LogP contribution is 2.30. The van der Waals surface area contributed by atoms with E-state index in [0.29, 0.717) is 10.7 Å². The number of carbonyl (C=O) groups excluding carboxylic acids is 1. The van der Waals surface area contributed by atoms with E-state index in [1.54, 1.807) is 18.2 Å². The van der Waals surface area contributed by atoms with Gasteiger partial charge in [-0.1, -0.05) is 17.7 Å². The fourth-order valence-electron chi connectivity index (χ4n) is 1.65. The smallest absolute Gasteiger partial charge is 0.325 e. The first-order valence-corrected chi connectivity index (χ1v) is 7.56. The average molecular weight is 346 g/mol. The normalized spacial score (nSPS) is 11.3. The van der Waals surface area contributed by atoms with Crippen molar-refractivity contribution in [2.24, 2.45) is 0 Å². The van der Waals surface area contributed by atoms with E-state index >= 15 is 0 Å². The third-order valence-electron chi connectivity index (χ3n) is 2.66. The van der Waals surface area contributed by atoms with Crippen LogP contribution in [0.15, 0.2) is 53.4 Å². The highest BCUT2D eigenvalue weighted by molar-refractivity contribution is 8.00. The van der Waals surface area contributed by atoms with Gasteiger partial charge in [0, 0.05) is 15.6 Å². The Morgan fingerprint density at radius 3 is 2.41 bits per heavy atom. The highest BCUT2D eigenvalue weighted by atomic mass is 35.5. The number of amides is 1. The third kappa shape index (κ3) is 4.96. The molecule has 0 aliphatic carbocycles. The molecule has 2 aromatic rings. The molecule has 116 valence electrons. The summed E-state index contributed by atoms with van der Waals surface area (Å²) in [5, 5.41) is 3.12. The van der Waals surface area contributed by atoms with E-state index in [0.717, 1.165) is 17.0 Å². The van der Waals surface area contributed by atoms with Gasteiger partial charge >= 0.3 is 6.18 Å². The largest absolute Gasteiger partial charge is 0.416 e. The lowest BCUT2D eigenvalue weighted by molar-refractivity contribution is -0.137. The van der Waals surface area contributed by atoms with Crippen molar-refractivity contribution in [2.75, 3.05) is 11.1 Å². The predicted molar refractivity (Wildman–Crippen MR) is 82.2 cm³/mol. The van der Waals surface area contributed by atoms with Gasteiger partial charge in [-0.2, -0.15) is 13.2 Å². The van der Waals surface area contributed by atoms with Gasteiger partial charge in [0.15, 0.2) is 0 Å². The monoisotopic (exact) mass is 345 g/mol. The highest BCUT2D eigenvalue weighted by Gasteiger charge is 2.29. The number of hydrogen-bond donors (Lipinski definition) is 1. The molecule has 0 spiro atoms. The number of rotatable bonds is 4. The van der Waals surface area contributed by atoms with Crippen LogP contribution in [0.5, 0.6) is 0 Å². The molecule has 1 N–H and O–H groups in total. The van der Waals surface area contributed by atoms with Crippen LogP contribution < -0.4 is 5.32 Å². The standard InChI is InChI=1S/C15H11ClF3NOS/c16-11-2-1-3-13(8-11)22-9-14(21)20-12-6-4-10(5-7-12)15(17,18)19/h1-8H,9H2,(H,20,21). The molecule has 2 rings (SSSR count). The van der Waals surface area contributed by atoms with Crippen LogP contribution in [-0.4, -0.2) is 11.7 Å². The number of nitrogens with one attached hydrogen (secondary N) is 1. The van der Waals surface area contributed by atoms with Gasteiger partial charge in [-0.25, -0.2) is 0 Å². The van der Waals surface area contributed by atoms with E-state index < -0.39 is 11.7 Å². The molecule has 1 amide bonds. The van der Waals surface area contributed by atoms with Crippen LogP contribution >= 0.6 is 23.4 Å². The molecule has 7 heteroatoms. The number of benzene rings is 2. The summed E-state index contributed by atoms with van der Waals surface area (Å²) >= 11 is 7.13. The lowest BCUT2D eigenvalue weighted by Crippen LogP contribution is -2.14. The summed E-state index contributed by atoms with van der Waals surface area (Å²) in [6, 6.07) is 11.4. The summed E-state index contributed by atoms with van der Waals surface area (Å²) < 4.78 is 37.3. The van der Waals surface area contributed by atoms with Crippen molar-refractivity contribution in [3.8, 4) is 0 Å². The van der Waals surface area contributed by atoms with Crippen molar-refractivity contribution in [1.82, 2.24) is 0 Å². The van der Waals surface area contributed by atoms with Gasteiger partial charge in [-0.3, -0.25) is 4.79 Å². The number of alkyl halides is 3. The van der Waals surface area contributed by atoms with Gasteiger partial charge in [0.05, 0.1) is 11.3 Å². The van der Waals surface area contributed by atoms with Gasteiger partial charge < -0.3 is 5.32 Å². The fraction of sp³-hybridized carbons (Fsp3) is 0.133. The maximum atomic E-state index is 12.4. The van der Waals surface area contributed by atoms with Crippen molar-refractivity contribution in [3.63, 3.8) is 0 Å². The second kappa shape index (κ2) is 7.07. The molecule has 0 atom stereocenters. The second-order valence-electron chi connectivity index (χ2n) is 4.37. The molecular formula is C15H11ClF3NOS. The Bertz CT molecular complexity index is 659. The summed E-state index contributed by atoms with van der Waals surface area (Å²) in [6.07, 6.45) is -4.38. The zero-order valence-electron chi connectivity index (χ0n) is 11.2. The molecule has 0 unspecified atom stereocenters. The SMILES string of the molecule is O=C(CSc1cccc(Cl)c1)Nc1ccc(C(F)(F)F)cc1. The molecule has 0 aliphatic heterocycles. The molecule has 0 saturated heterocycles. The predicted octanol–water partition coefficient (Wildman–Crippen LogP) is 5.09. The Labute approximate surface area is 134 Å². The van der Waals surface area contributed by atoms with E-state index in [4.69, 9.17) is 11.6 Å². The van der Waals surface area contributed by atoms with Crippen LogP contribution in [0, 0.1) is 0 Å². The maximum Gasteiger partial charge on any atom is 0.416 e. The van der Waals surface area contributed by atoms with E-state index in [1.165, 1.54) is 23.9 Å². The van der Waals surface area contributed by atoms with E-state index in [2.05, 4.69) is 5.32 Å². The third-order valence-corrected chi connectivity index (χ3v) is 3.89. The van der Waals surface area contributed by atoms with Crippen LogP contribution in [0.25, 0.3) is 0 Å². The van der Waals surface area contributed by atoms with Crippen molar-refractivity contribution >= 4 is 35.0 Å². The molecule has 0 aliphatic rings. The molecule has 0 fully saturated rings. The van der Waals surface area contributed by atoms with Crippen molar-refractivity contribution < 1.29 is 18.0 Å². The molecule has 0 aromatic heterocycles. The first-order chi connectivity index (χ1) is 10.3. The van der Waals surface area contributed by atoms with Crippen molar-refractivity contribution in [2.45, 2.75) is 11.1 Å². The van der Waals surface area contributed by atoms with E-state index in [9.17, 15) is 18.0 Å². The molecule has 22 heavy (non-hydrogen) atoms. The Balaban J connectivity index is 1.89. The van der Waals surface area contributed by atoms with Crippen molar-refractivity contribution in [3.05, 3.63) is 59.1 Å². The van der Waals surface area contributed by atoms with Crippen molar-refractivity contribution in [1.29, 1.82) is 0 Å². The lowest BCUT2D eigenvalue weighted by atomic mass is 10.2. The summed E-state index contributed by atoms with van der Waals surface area (Å²) in [5.74, 6) is -0.161. The summed E-state index contributed by atoms with van der Waals surface area (Å²) in [7, 11) is 0. The van der Waals surface area contributed by atoms with E-state index in [1.807, 2.05) is 6.07 Å². The zero-order chi connectivity index (χ0) is 16.2. The Morgan fingerprint density at radius 1 is 1.14 bits per heavy atom. The Hall–Kier alpha value is -1.66. The number of anilines is 1. The number of halogens is 4. The van der Waals surface area contributed by atoms with Crippen LogP contribution in [0.2, 0.25) is 5.02 Å². The van der Waals surface area contributed by atoms with Crippen LogP contribution in [0.3, 0.4) is 0 Å². The first-order valence-electron chi connectivity index (χ1n) is 6.20. The molecule has 0 heterocycles. The zero-order valence-corrected chi connectivity index (χ0v) is 12.7. The first kappa shape index (κ1) is 16.7. The lowest BCUT2D eigenvalue weighted by Gasteiger charge is -2.09. The number of carbonyl (C=O) groups is 1. The Morgan fingerprint density at radius 2 is 1.82 bits per heavy atom. The Kier molecular flexibility index (Phi) is 5.37. The molecule has 2 nitrogen and oxygen atoms in total. The van der Waals surface area contributed by atoms with Gasteiger partial charge in [0.1, 0.15) is 0 Å². The van der Waals surface area contributed by atoms with Crippen LogP contribution in [0.4, 0.5) is 18.9 Å². The van der Waals surface area contributed by atoms with E-state index in [-0.39, 0.29) is 11.7 Å². The van der Waals surface area contributed by atoms with Gasteiger partial charge in [-0.15, -0.1) is 11.8 Å². The molecule has 2 aromatic carbocycles. The quantitative estimate of drug-likeness (QED) is 0.782. The van der Waals surface area contributed by atoms with Gasteiger partial charge in [0.25, 0.3) is 0 Å². The van der Waals surface area contributed by atoms with Gasteiger partial charge in [-0.05, 0) is 42.5 Å². The minimum Gasteiger partial charge on any atom is -0.325 e. The van der Waals surface area contributed by atoms with Crippen LogP contribution in [-0.2, 0) is 11.0 Å². The molecule has 0 radical (unpaired) electrons. The summed E-state index contributed by atoms with van der Waals surface area (Å²) in [5.41, 5.74) is -0.427.